The van der Waals surface area contributed by atoms with Crippen LogP contribution >= 0.6 is 0 Å². The highest BCUT2D eigenvalue weighted by Crippen LogP contribution is 2.39. The highest BCUT2D eigenvalue weighted by molar-refractivity contribution is 6.45. The Labute approximate surface area is 117 Å². The van der Waals surface area contributed by atoms with Crippen molar-refractivity contribution in [1.29, 1.82) is 0 Å². The van der Waals surface area contributed by atoms with Crippen molar-refractivity contribution in [3.8, 4) is 0 Å². The van der Waals surface area contributed by atoms with Crippen LogP contribution in [0.3, 0.4) is 0 Å². The minimum atomic E-state index is -0.231. The lowest BCUT2D eigenvalue weighted by Crippen LogP contribution is -2.41. The summed E-state index contributed by atoms with van der Waals surface area (Å²) in [5.74, 6) is 0.440. The van der Waals surface area contributed by atoms with Crippen molar-refractivity contribution in [3.05, 3.63) is 35.4 Å². The van der Waals surface area contributed by atoms with E-state index in [2.05, 4.69) is 65.8 Å². The van der Waals surface area contributed by atoms with Crippen LogP contribution in [0.25, 0.3) is 0 Å². The fourth-order valence-electron chi connectivity index (χ4n) is 2.38. The third kappa shape index (κ3) is 3.03. The monoisotopic (exact) mass is 260 g/mol. The summed E-state index contributed by atoms with van der Waals surface area (Å²) in [4.78, 5) is 0. The van der Waals surface area contributed by atoms with E-state index in [-0.39, 0.29) is 18.3 Å². The molecule has 1 aliphatic rings. The first kappa shape index (κ1) is 14.6. The molecular formula is C16H25BO2. The highest BCUT2D eigenvalue weighted by Gasteiger charge is 2.51. The molecule has 1 aromatic carbocycles. The fourth-order valence-corrected chi connectivity index (χ4v) is 2.38. The summed E-state index contributed by atoms with van der Waals surface area (Å²) in [6.07, 6.45) is 0.899. The largest absolute Gasteiger partial charge is 0.458 e. The number of hydrogen-bond acceptors (Lipinski definition) is 2. The van der Waals surface area contributed by atoms with Gasteiger partial charge in [0.15, 0.2) is 0 Å². The van der Waals surface area contributed by atoms with E-state index in [4.69, 9.17) is 9.31 Å². The van der Waals surface area contributed by atoms with Gasteiger partial charge in [-0.3, -0.25) is 0 Å². The molecule has 0 saturated carbocycles. The van der Waals surface area contributed by atoms with E-state index in [0.29, 0.717) is 5.92 Å². The Kier molecular flexibility index (Phi) is 3.81. The van der Waals surface area contributed by atoms with E-state index in [1.807, 2.05) is 0 Å². The van der Waals surface area contributed by atoms with Crippen molar-refractivity contribution in [1.82, 2.24) is 0 Å². The van der Waals surface area contributed by atoms with Crippen LogP contribution < -0.4 is 0 Å². The van der Waals surface area contributed by atoms with E-state index in [9.17, 15) is 0 Å². The Bertz CT molecular complexity index is 421. The topological polar surface area (TPSA) is 18.5 Å². The van der Waals surface area contributed by atoms with Crippen LogP contribution in [0.2, 0.25) is 6.32 Å². The lowest BCUT2D eigenvalue weighted by Gasteiger charge is -2.32. The second-order valence-electron chi connectivity index (χ2n) is 6.73. The van der Waals surface area contributed by atoms with Gasteiger partial charge < -0.3 is 9.31 Å². The molecule has 2 rings (SSSR count). The molecule has 1 aliphatic heterocycles. The zero-order chi connectivity index (χ0) is 14.3. The lowest BCUT2D eigenvalue weighted by atomic mass is 9.75. The van der Waals surface area contributed by atoms with Crippen molar-refractivity contribution in [3.63, 3.8) is 0 Å². The Morgan fingerprint density at radius 2 is 1.47 bits per heavy atom. The van der Waals surface area contributed by atoms with Gasteiger partial charge in [-0.15, -0.1) is 0 Å². The van der Waals surface area contributed by atoms with Crippen molar-refractivity contribution in [2.75, 3.05) is 0 Å². The molecule has 0 amide bonds. The molecule has 104 valence electrons. The van der Waals surface area contributed by atoms with Gasteiger partial charge in [0, 0.05) is 0 Å². The van der Waals surface area contributed by atoms with Gasteiger partial charge in [0.05, 0.1) is 11.2 Å². The van der Waals surface area contributed by atoms with E-state index in [1.54, 1.807) is 0 Å². The number of aryl methyl sites for hydroxylation is 1. The summed E-state index contributed by atoms with van der Waals surface area (Å²) < 4.78 is 12.1. The second-order valence-corrected chi connectivity index (χ2v) is 6.73. The highest BCUT2D eigenvalue weighted by atomic mass is 16.7. The minimum absolute atomic E-state index is 0.110. The molecule has 2 nitrogen and oxygen atoms in total. The van der Waals surface area contributed by atoms with Crippen LogP contribution in [-0.2, 0) is 9.31 Å². The molecule has 1 saturated heterocycles. The maximum atomic E-state index is 6.06. The van der Waals surface area contributed by atoms with Gasteiger partial charge in [0.25, 0.3) is 0 Å². The van der Waals surface area contributed by atoms with E-state index in [1.165, 1.54) is 11.1 Å². The first-order chi connectivity index (χ1) is 8.71. The average molecular weight is 260 g/mol. The summed E-state index contributed by atoms with van der Waals surface area (Å²) in [5, 5.41) is 0. The average Bonchev–Trinajstić information content (AvgIpc) is 2.47. The van der Waals surface area contributed by atoms with Crippen molar-refractivity contribution in [2.45, 2.75) is 65.0 Å². The molecule has 1 fully saturated rings. The fraction of sp³-hybridized carbons (Fsp3) is 0.625. The van der Waals surface area contributed by atoms with E-state index in [0.717, 1.165) is 6.32 Å². The maximum Gasteiger partial charge on any atom is 0.458 e. The van der Waals surface area contributed by atoms with Crippen LogP contribution in [0.5, 0.6) is 0 Å². The SMILES string of the molecule is Cc1ccc([C@@H](C)CB2OC(C)(C)C(C)(C)O2)cc1. The predicted molar refractivity (Wildman–Crippen MR) is 80.5 cm³/mol. The molecule has 1 heterocycles. The lowest BCUT2D eigenvalue weighted by molar-refractivity contribution is 0.00578. The Hall–Kier alpha value is -0.795. The molecule has 0 spiro atoms. The molecule has 0 bridgehead atoms. The molecule has 19 heavy (non-hydrogen) atoms. The summed E-state index contributed by atoms with van der Waals surface area (Å²) in [7, 11) is -0.110. The van der Waals surface area contributed by atoms with Gasteiger partial charge in [-0.25, -0.2) is 0 Å². The molecule has 0 N–H and O–H groups in total. The van der Waals surface area contributed by atoms with Gasteiger partial charge >= 0.3 is 7.12 Å². The zero-order valence-corrected chi connectivity index (χ0v) is 13.0. The summed E-state index contributed by atoms with van der Waals surface area (Å²) >= 11 is 0. The Morgan fingerprint density at radius 1 is 1.00 bits per heavy atom. The molecule has 0 aliphatic carbocycles. The van der Waals surface area contributed by atoms with Crippen LogP contribution in [0, 0.1) is 6.92 Å². The normalized spacial score (nSPS) is 22.5. The molecule has 3 heteroatoms. The first-order valence-electron chi connectivity index (χ1n) is 7.13. The van der Waals surface area contributed by atoms with Gasteiger partial charge in [-0.1, -0.05) is 36.8 Å². The zero-order valence-electron chi connectivity index (χ0n) is 13.0. The van der Waals surface area contributed by atoms with Gasteiger partial charge in [0.1, 0.15) is 0 Å². The quantitative estimate of drug-likeness (QED) is 0.758. The van der Waals surface area contributed by atoms with E-state index < -0.39 is 0 Å². The van der Waals surface area contributed by atoms with Crippen LogP contribution in [0.15, 0.2) is 24.3 Å². The Balaban J connectivity index is 2.01. The summed E-state index contributed by atoms with van der Waals surface area (Å²) in [6, 6.07) is 8.72. The molecular weight excluding hydrogens is 235 g/mol. The predicted octanol–water partition coefficient (Wildman–Crippen LogP) is 4.19. The van der Waals surface area contributed by atoms with Crippen LogP contribution in [0.4, 0.5) is 0 Å². The molecule has 1 atom stereocenters. The molecule has 1 aromatic rings. The number of hydrogen-bond donors (Lipinski definition) is 0. The van der Waals surface area contributed by atoms with Gasteiger partial charge in [-0.2, -0.15) is 0 Å². The summed E-state index contributed by atoms with van der Waals surface area (Å²) in [6.45, 7) is 12.7. The number of rotatable bonds is 3. The molecule has 0 aromatic heterocycles. The molecule has 0 radical (unpaired) electrons. The first-order valence-corrected chi connectivity index (χ1v) is 7.13. The van der Waals surface area contributed by atoms with Crippen molar-refractivity contribution >= 4 is 7.12 Å². The van der Waals surface area contributed by atoms with Crippen molar-refractivity contribution in [2.24, 2.45) is 0 Å². The van der Waals surface area contributed by atoms with Gasteiger partial charge in [-0.05, 0) is 52.4 Å². The van der Waals surface area contributed by atoms with E-state index >= 15 is 0 Å². The van der Waals surface area contributed by atoms with Crippen molar-refractivity contribution < 1.29 is 9.31 Å². The second kappa shape index (κ2) is 4.95. The standard InChI is InChI=1S/C16H25BO2/c1-12-7-9-14(10-8-12)13(2)11-17-18-15(3,4)16(5,6)19-17/h7-10,13H,11H2,1-6H3/t13-/m0/s1. The third-order valence-corrected chi connectivity index (χ3v) is 4.49. The number of benzene rings is 1. The maximum absolute atomic E-state index is 6.06. The van der Waals surface area contributed by atoms with Gasteiger partial charge in [0.2, 0.25) is 0 Å². The molecule has 0 unspecified atom stereocenters. The third-order valence-electron chi connectivity index (χ3n) is 4.49. The van der Waals surface area contributed by atoms with Crippen LogP contribution in [0.1, 0.15) is 51.7 Å². The van der Waals surface area contributed by atoms with Crippen LogP contribution in [-0.4, -0.2) is 18.3 Å². The summed E-state index contributed by atoms with van der Waals surface area (Å²) in [5.41, 5.74) is 2.18. The smallest absolute Gasteiger partial charge is 0.403 e. The Morgan fingerprint density at radius 3 is 1.95 bits per heavy atom. The minimum Gasteiger partial charge on any atom is -0.403 e.